The molecule has 0 aliphatic carbocycles. The molecule has 12 nitrogen and oxygen atoms in total. The lowest BCUT2D eigenvalue weighted by atomic mass is 9.75. The van der Waals surface area contributed by atoms with Gasteiger partial charge in [-0.2, -0.15) is 0 Å². The Kier molecular flexibility index (Phi) is 9.49. The van der Waals surface area contributed by atoms with Crippen molar-refractivity contribution in [3.63, 3.8) is 0 Å². The van der Waals surface area contributed by atoms with Gasteiger partial charge < -0.3 is 30.3 Å². The highest BCUT2D eigenvalue weighted by Crippen LogP contribution is 2.36. The quantitative estimate of drug-likeness (QED) is 0.297. The van der Waals surface area contributed by atoms with Crippen molar-refractivity contribution < 1.29 is 42.9 Å². The second-order valence-corrected chi connectivity index (χ2v) is 10.4. The number of sulfonamides is 1. The largest absolute Gasteiger partial charge is 0.496 e. The number of carbonyl (C=O) groups excluding carboxylic acids is 1. The van der Waals surface area contributed by atoms with Gasteiger partial charge in [0, 0.05) is 31.3 Å². The topological polar surface area (TPSA) is 183 Å². The molecule has 1 aromatic carbocycles. The first kappa shape index (κ1) is 28.4. The Balaban J connectivity index is 0.000000466. The molecule has 2 bridgehead atoms. The molecule has 0 saturated carbocycles. The molecule has 0 spiro atoms. The minimum absolute atomic E-state index is 0.0768. The van der Waals surface area contributed by atoms with E-state index in [0.717, 1.165) is 32.2 Å². The molecule has 3 aliphatic rings. The Labute approximate surface area is 207 Å². The lowest BCUT2D eigenvalue weighted by Crippen LogP contribution is -2.63. The highest BCUT2D eigenvalue weighted by atomic mass is 35.5. The van der Waals surface area contributed by atoms with Crippen LogP contribution < -0.4 is 14.8 Å². The van der Waals surface area contributed by atoms with Gasteiger partial charge in [-0.05, 0) is 37.9 Å². The fourth-order valence-corrected chi connectivity index (χ4v) is 4.83. The number of nitrogens with zero attached hydrogens (tertiary/aromatic N) is 1. The smallest absolute Gasteiger partial charge is 0.328 e. The Morgan fingerprint density at radius 3 is 2.20 bits per heavy atom. The van der Waals surface area contributed by atoms with Crippen molar-refractivity contribution >= 4 is 45.2 Å². The van der Waals surface area contributed by atoms with E-state index in [-0.39, 0.29) is 34.5 Å². The molecule has 35 heavy (non-hydrogen) atoms. The van der Waals surface area contributed by atoms with Crippen LogP contribution in [0.1, 0.15) is 23.2 Å². The summed E-state index contributed by atoms with van der Waals surface area (Å²) < 4.78 is 30.4. The molecule has 4 rings (SSSR count). The Bertz CT molecular complexity index is 1090. The average molecular weight is 534 g/mol. The van der Waals surface area contributed by atoms with E-state index in [2.05, 4.69) is 14.9 Å². The van der Waals surface area contributed by atoms with Gasteiger partial charge in [-0.3, -0.25) is 9.52 Å². The Hall–Kier alpha value is -2.87. The fraction of sp³-hybridized carbons (Fsp3) is 0.476. The van der Waals surface area contributed by atoms with Crippen LogP contribution in [0.4, 0.5) is 5.69 Å². The first-order valence-corrected chi connectivity index (χ1v) is 12.7. The summed E-state index contributed by atoms with van der Waals surface area (Å²) >= 11 is 6.12. The summed E-state index contributed by atoms with van der Waals surface area (Å²) in [6, 6.07) is 2.71. The van der Waals surface area contributed by atoms with Crippen molar-refractivity contribution in [3.05, 3.63) is 34.9 Å². The first-order chi connectivity index (χ1) is 16.2. The molecule has 3 heterocycles. The summed E-state index contributed by atoms with van der Waals surface area (Å²) in [7, 11) is -2.14. The van der Waals surface area contributed by atoms with E-state index >= 15 is 0 Å². The van der Waals surface area contributed by atoms with Gasteiger partial charge in [0.05, 0.1) is 35.2 Å². The summed E-state index contributed by atoms with van der Waals surface area (Å²) in [5.41, 5.74) is -0.643. The maximum Gasteiger partial charge on any atom is 0.328 e. The van der Waals surface area contributed by atoms with Crippen molar-refractivity contribution in [3.8, 4) is 5.75 Å². The van der Waals surface area contributed by atoms with Crippen LogP contribution in [0.2, 0.25) is 5.02 Å². The van der Waals surface area contributed by atoms with Crippen LogP contribution in [0.25, 0.3) is 0 Å². The Morgan fingerprint density at radius 1 is 1.20 bits per heavy atom. The van der Waals surface area contributed by atoms with Gasteiger partial charge in [0.15, 0.2) is 0 Å². The number of aliphatic carboxylic acids is 2. The highest BCUT2D eigenvalue weighted by Gasteiger charge is 2.45. The third kappa shape index (κ3) is 8.38. The maximum absolute atomic E-state index is 12.7. The maximum atomic E-state index is 12.7. The van der Waals surface area contributed by atoms with Crippen LogP contribution in [0.15, 0.2) is 24.3 Å². The van der Waals surface area contributed by atoms with Crippen LogP contribution >= 0.6 is 11.6 Å². The number of benzene rings is 1. The number of hydrogen-bond acceptors (Lipinski definition) is 8. The van der Waals surface area contributed by atoms with Gasteiger partial charge in [-0.25, -0.2) is 18.0 Å². The van der Waals surface area contributed by atoms with Gasteiger partial charge in [-0.1, -0.05) is 11.6 Å². The Morgan fingerprint density at radius 2 is 1.77 bits per heavy atom. The van der Waals surface area contributed by atoms with E-state index in [9.17, 15) is 27.9 Å². The summed E-state index contributed by atoms with van der Waals surface area (Å²) in [5, 5.41) is 29.4. The molecule has 3 saturated heterocycles. The van der Waals surface area contributed by atoms with Crippen molar-refractivity contribution in [1.29, 1.82) is 0 Å². The highest BCUT2D eigenvalue weighted by molar-refractivity contribution is 7.92. The number of amides is 1. The molecule has 5 N–H and O–H groups in total. The summed E-state index contributed by atoms with van der Waals surface area (Å²) in [6.45, 7) is 2.66. The third-order valence-electron chi connectivity index (χ3n) is 5.60. The van der Waals surface area contributed by atoms with Crippen LogP contribution in [0.3, 0.4) is 0 Å². The molecule has 194 valence electrons. The molecule has 1 unspecified atom stereocenters. The number of rotatable bonds is 8. The van der Waals surface area contributed by atoms with E-state index in [4.69, 9.17) is 26.6 Å². The number of anilines is 1. The second kappa shape index (κ2) is 11.7. The van der Waals surface area contributed by atoms with Crippen LogP contribution in [-0.2, 0) is 19.6 Å². The fourth-order valence-electron chi connectivity index (χ4n) is 3.99. The normalized spacial score (nSPS) is 23.2. The molecule has 0 aromatic heterocycles. The molecule has 1 atom stereocenters. The molecule has 3 aliphatic heterocycles. The monoisotopic (exact) mass is 533 g/mol. The summed E-state index contributed by atoms with van der Waals surface area (Å²) in [4.78, 5) is 34.0. The molecular formula is C21H28ClN3O9S. The zero-order valence-electron chi connectivity index (χ0n) is 19.2. The van der Waals surface area contributed by atoms with Gasteiger partial charge in [-0.15, -0.1) is 0 Å². The number of carboxylic acids is 2. The second-order valence-electron chi connectivity index (χ2n) is 8.25. The molecule has 1 amide bonds. The van der Waals surface area contributed by atoms with Crippen LogP contribution in [0, 0.1) is 5.92 Å². The number of halogens is 1. The number of piperidine rings is 3. The van der Waals surface area contributed by atoms with E-state index in [0.29, 0.717) is 18.7 Å². The predicted molar refractivity (Wildman–Crippen MR) is 127 cm³/mol. The lowest BCUT2D eigenvalue weighted by molar-refractivity contribution is -0.134. The van der Waals surface area contributed by atoms with Crippen molar-refractivity contribution in [2.75, 3.05) is 44.3 Å². The van der Waals surface area contributed by atoms with E-state index in [1.165, 1.54) is 19.2 Å². The zero-order chi connectivity index (χ0) is 26.4. The third-order valence-corrected chi connectivity index (χ3v) is 6.50. The number of methoxy groups -OCH3 is 1. The SMILES string of the molecule is COc1cc(NS(C)(=O)=O)c(Cl)cc1C(=O)NCC1(O)CN2CCC1CC2.O=C(O)/C=C/C(=O)O. The predicted octanol–water partition coefficient (Wildman–Crippen LogP) is 0.618. The molecule has 0 radical (unpaired) electrons. The van der Waals surface area contributed by atoms with Crippen LogP contribution in [-0.4, -0.2) is 91.6 Å². The van der Waals surface area contributed by atoms with Crippen molar-refractivity contribution in [2.24, 2.45) is 5.92 Å². The number of carboxylic acid groups (broad SMARTS) is 2. The number of fused-ring (bicyclic) bond motifs is 3. The minimum Gasteiger partial charge on any atom is -0.496 e. The summed E-state index contributed by atoms with van der Waals surface area (Å²) in [6.07, 6.45) is 3.97. The number of carbonyl (C=O) groups is 3. The van der Waals surface area contributed by atoms with E-state index in [1.54, 1.807) is 0 Å². The number of ether oxygens (including phenoxy) is 1. The van der Waals surface area contributed by atoms with E-state index in [1.807, 2.05) is 0 Å². The molecular weight excluding hydrogens is 506 g/mol. The van der Waals surface area contributed by atoms with Gasteiger partial charge in [0.2, 0.25) is 10.0 Å². The number of aliphatic hydroxyl groups is 1. The van der Waals surface area contributed by atoms with Crippen molar-refractivity contribution in [1.82, 2.24) is 10.2 Å². The standard InChI is InChI=1S/C17H24ClN3O5S.C4H4O4/c1-26-15-8-14(20-27(2,24)25)13(18)7-12(15)16(22)19-9-17(23)10-21-5-3-11(17)4-6-21;5-3(6)1-2-4(7)8/h7-8,11,20,23H,3-6,9-10H2,1-2H3,(H,19,22);1-2H,(H,5,6)(H,7,8)/b;2-1+. The minimum atomic E-state index is -3.52. The first-order valence-electron chi connectivity index (χ1n) is 10.5. The van der Waals surface area contributed by atoms with Crippen LogP contribution in [0.5, 0.6) is 5.75 Å². The number of hydrogen-bond donors (Lipinski definition) is 5. The van der Waals surface area contributed by atoms with Crippen molar-refractivity contribution in [2.45, 2.75) is 18.4 Å². The zero-order valence-corrected chi connectivity index (χ0v) is 20.7. The molecule has 14 heteroatoms. The average Bonchev–Trinajstić information content (AvgIpc) is 2.77. The lowest BCUT2D eigenvalue weighted by Gasteiger charge is -2.50. The van der Waals surface area contributed by atoms with E-state index < -0.39 is 33.5 Å². The molecule has 3 fully saturated rings. The van der Waals surface area contributed by atoms with Gasteiger partial charge in [0.25, 0.3) is 5.91 Å². The molecule has 1 aromatic rings. The summed E-state index contributed by atoms with van der Waals surface area (Å²) in [5.74, 6) is -2.59. The van der Waals surface area contributed by atoms with Gasteiger partial charge in [0.1, 0.15) is 5.75 Å². The number of nitrogens with one attached hydrogen (secondary N) is 2. The van der Waals surface area contributed by atoms with Gasteiger partial charge >= 0.3 is 11.9 Å².